The van der Waals surface area contributed by atoms with Crippen molar-refractivity contribution in [2.45, 2.75) is 51.6 Å². The van der Waals surface area contributed by atoms with Gasteiger partial charge in [-0.05, 0) is 23.7 Å². The fourth-order valence-electron chi connectivity index (χ4n) is 3.22. The van der Waals surface area contributed by atoms with Gasteiger partial charge in [-0.2, -0.15) is 0 Å². The van der Waals surface area contributed by atoms with E-state index in [-0.39, 0.29) is 53.0 Å². The van der Waals surface area contributed by atoms with Crippen LogP contribution in [0, 0.1) is 0 Å². The second-order valence-corrected chi connectivity index (χ2v) is 15.3. The number of amides is 1. The lowest BCUT2D eigenvalue weighted by atomic mass is 10.2. The van der Waals surface area contributed by atoms with Crippen LogP contribution in [0.3, 0.4) is 0 Å². The van der Waals surface area contributed by atoms with E-state index in [9.17, 15) is 9.59 Å². The Balaban J connectivity index is 1.50. The number of carbonyl (C=O) groups is 2. The molecule has 0 fully saturated rings. The number of rotatable bonds is 10. The van der Waals surface area contributed by atoms with Gasteiger partial charge < -0.3 is 32.5 Å². The molecule has 0 spiro atoms. The normalized spacial score (nSPS) is 12.7. The van der Waals surface area contributed by atoms with Crippen molar-refractivity contribution in [2.75, 3.05) is 13.7 Å². The standard InChI is InChI=1S/C27H32N4O8Si/c1-27(2,3)40(5,6)39-16-20(31-26(33)38-12-17-10-8-7-9-11-17)24-29-18(13-36-24)22-28-19(14-35-22)23-30-21(15-37-23)25(32)34-4/h7-11,13-15,20H,12,16H2,1-6H3,(H,31,33)/t20-/m0/s1. The minimum absolute atomic E-state index is 0.000528. The first-order chi connectivity index (χ1) is 19.0. The summed E-state index contributed by atoms with van der Waals surface area (Å²) in [5, 5.41) is 2.76. The van der Waals surface area contributed by atoms with Gasteiger partial charge in [0.25, 0.3) is 0 Å². The second-order valence-electron chi connectivity index (χ2n) is 10.5. The number of nitrogens with zero attached hydrogens (tertiary/aromatic N) is 3. The Hall–Kier alpha value is -4.23. The monoisotopic (exact) mass is 568 g/mol. The summed E-state index contributed by atoms with van der Waals surface area (Å²) < 4.78 is 32.9. The predicted octanol–water partition coefficient (Wildman–Crippen LogP) is 5.76. The average Bonchev–Trinajstić information content (AvgIpc) is 3.69. The van der Waals surface area contributed by atoms with Gasteiger partial charge >= 0.3 is 12.1 Å². The van der Waals surface area contributed by atoms with Gasteiger partial charge in [-0.25, -0.2) is 24.5 Å². The van der Waals surface area contributed by atoms with E-state index in [0.29, 0.717) is 0 Å². The molecule has 0 bridgehead atoms. The third-order valence-electron chi connectivity index (χ3n) is 6.58. The van der Waals surface area contributed by atoms with E-state index in [1.807, 2.05) is 30.3 Å². The fraction of sp³-hybridized carbons (Fsp3) is 0.370. The fourth-order valence-corrected chi connectivity index (χ4v) is 4.23. The Morgan fingerprint density at radius 1 is 0.950 bits per heavy atom. The van der Waals surface area contributed by atoms with E-state index in [1.54, 1.807) is 0 Å². The number of methoxy groups -OCH3 is 1. The molecular formula is C27H32N4O8Si. The highest BCUT2D eigenvalue weighted by Crippen LogP contribution is 2.37. The number of nitrogens with one attached hydrogen (secondary N) is 1. The highest BCUT2D eigenvalue weighted by Gasteiger charge is 2.38. The number of alkyl carbamates (subject to hydrolysis) is 1. The van der Waals surface area contributed by atoms with Gasteiger partial charge in [0.1, 0.15) is 31.4 Å². The highest BCUT2D eigenvalue weighted by molar-refractivity contribution is 6.74. The molecule has 12 nitrogen and oxygen atoms in total. The van der Waals surface area contributed by atoms with Crippen LogP contribution in [-0.4, -0.2) is 49.0 Å². The smallest absolute Gasteiger partial charge is 0.408 e. The molecular weight excluding hydrogens is 536 g/mol. The van der Waals surface area contributed by atoms with E-state index < -0.39 is 26.4 Å². The molecule has 1 aromatic carbocycles. The maximum atomic E-state index is 12.7. The Kier molecular flexibility index (Phi) is 8.54. The van der Waals surface area contributed by atoms with Gasteiger partial charge in [0.2, 0.25) is 17.7 Å². The van der Waals surface area contributed by atoms with E-state index in [2.05, 4.69) is 58.9 Å². The van der Waals surface area contributed by atoms with Crippen molar-refractivity contribution in [2.24, 2.45) is 0 Å². The summed E-state index contributed by atoms with van der Waals surface area (Å²) >= 11 is 0. The molecule has 0 aliphatic rings. The average molecular weight is 569 g/mol. The maximum absolute atomic E-state index is 12.7. The minimum Gasteiger partial charge on any atom is -0.464 e. The van der Waals surface area contributed by atoms with Crippen molar-refractivity contribution < 1.29 is 36.7 Å². The predicted molar refractivity (Wildman–Crippen MR) is 144 cm³/mol. The van der Waals surface area contributed by atoms with Crippen molar-refractivity contribution in [3.8, 4) is 23.2 Å². The van der Waals surface area contributed by atoms with Crippen molar-refractivity contribution in [3.05, 3.63) is 66.3 Å². The lowest BCUT2D eigenvalue weighted by molar-refractivity contribution is 0.0594. The topological polar surface area (TPSA) is 152 Å². The van der Waals surface area contributed by atoms with Gasteiger partial charge in [0.15, 0.2) is 25.4 Å². The molecule has 4 rings (SSSR count). The highest BCUT2D eigenvalue weighted by atomic mass is 28.4. The first-order valence-corrected chi connectivity index (χ1v) is 15.4. The van der Waals surface area contributed by atoms with Crippen molar-refractivity contribution in [1.29, 1.82) is 0 Å². The van der Waals surface area contributed by atoms with E-state index >= 15 is 0 Å². The first-order valence-electron chi connectivity index (χ1n) is 12.5. The molecule has 212 valence electrons. The van der Waals surface area contributed by atoms with Crippen LogP contribution in [0.2, 0.25) is 18.1 Å². The number of hydrogen-bond donors (Lipinski definition) is 1. The van der Waals surface area contributed by atoms with Crippen LogP contribution in [0.1, 0.15) is 48.8 Å². The van der Waals surface area contributed by atoms with Crippen LogP contribution >= 0.6 is 0 Å². The SMILES string of the molecule is COC(=O)c1coc(-c2coc(-c3coc([C@H](CO[Si](C)(C)C(C)(C)C)NC(=O)OCc4ccccc4)n3)n2)n1. The molecule has 3 heterocycles. The summed E-state index contributed by atoms with van der Waals surface area (Å²) in [5.41, 5.74) is 1.38. The Bertz CT molecular complexity index is 1440. The van der Waals surface area contributed by atoms with Gasteiger partial charge in [-0.3, -0.25) is 0 Å². The van der Waals surface area contributed by atoms with Gasteiger partial charge in [-0.1, -0.05) is 51.1 Å². The van der Waals surface area contributed by atoms with E-state index in [1.165, 1.54) is 25.9 Å². The molecule has 40 heavy (non-hydrogen) atoms. The largest absolute Gasteiger partial charge is 0.464 e. The first kappa shape index (κ1) is 28.8. The summed E-state index contributed by atoms with van der Waals surface area (Å²) in [6.45, 7) is 10.8. The molecule has 4 aromatic rings. The number of aromatic nitrogens is 3. The maximum Gasteiger partial charge on any atom is 0.408 e. The molecule has 0 unspecified atom stereocenters. The summed E-state index contributed by atoms with van der Waals surface area (Å²) in [6.07, 6.45) is 3.19. The van der Waals surface area contributed by atoms with Crippen molar-refractivity contribution >= 4 is 20.4 Å². The molecule has 1 atom stereocenters. The lowest BCUT2D eigenvalue weighted by Crippen LogP contribution is -2.43. The molecule has 13 heteroatoms. The van der Waals surface area contributed by atoms with Crippen LogP contribution in [0.4, 0.5) is 4.79 Å². The number of hydrogen-bond acceptors (Lipinski definition) is 11. The zero-order chi connectivity index (χ0) is 28.9. The number of oxazole rings is 3. The Morgan fingerprint density at radius 2 is 1.60 bits per heavy atom. The minimum atomic E-state index is -2.17. The van der Waals surface area contributed by atoms with Crippen LogP contribution in [0.25, 0.3) is 23.2 Å². The van der Waals surface area contributed by atoms with Crippen LogP contribution < -0.4 is 5.32 Å². The van der Waals surface area contributed by atoms with Crippen LogP contribution in [-0.2, 0) is 20.5 Å². The molecule has 3 aromatic heterocycles. The Morgan fingerprint density at radius 3 is 2.30 bits per heavy atom. The number of ether oxygens (including phenoxy) is 2. The molecule has 1 N–H and O–H groups in total. The Labute approximate surface area is 232 Å². The third kappa shape index (κ3) is 6.85. The third-order valence-corrected chi connectivity index (χ3v) is 11.1. The van der Waals surface area contributed by atoms with Crippen LogP contribution in [0.15, 0.2) is 62.4 Å². The van der Waals surface area contributed by atoms with Gasteiger partial charge in [0.05, 0.1) is 13.7 Å². The zero-order valence-electron chi connectivity index (χ0n) is 23.2. The second kappa shape index (κ2) is 11.9. The quantitative estimate of drug-likeness (QED) is 0.183. The molecule has 1 amide bonds. The van der Waals surface area contributed by atoms with E-state index in [0.717, 1.165) is 5.56 Å². The molecule has 0 saturated heterocycles. The molecule has 0 saturated carbocycles. The molecule has 0 radical (unpaired) electrons. The summed E-state index contributed by atoms with van der Waals surface area (Å²) in [5.74, 6) is -0.254. The van der Waals surface area contributed by atoms with Crippen molar-refractivity contribution in [3.63, 3.8) is 0 Å². The van der Waals surface area contributed by atoms with Gasteiger partial charge in [-0.15, -0.1) is 0 Å². The molecule has 0 aliphatic heterocycles. The molecule has 0 aliphatic carbocycles. The van der Waals surface area contributed by atoms with Gasteiger partial charge in [0, 0.05) is 0 Å². The zero-order valence-corrected chi connectivity index (χ0v) is 24.2. The lowest BCUT2D eigenvalue weighted by Gasteiger charge is -2.37. The van der Waals surface area contributed by atoms with E-state index in [4.69, 9.17) is 22.4 Å². The number of benzene rings is 1. The summed E-state index contributed by atoms with van der Waals surface area (Å²) in [6, 6.07) is 8.62. The summed E-state index contributed by atoms with van der Waals surface area (Å²) in [7, 11) is -0.920. The summed E-state index contributed by atoms with van der Waals surface area (Å²) in [4.78, 5) is 37.2. The number of carbonyl (C=O) groups excluding carboxylic acids is 2. The number of esters is 1. The van der Waals surface area contributed by atoms with Crippen molar-refractivity contribution in [1.82, 2.24) is 20.3 Å². The van der Waals surface area contributed by atoms with Crippen LogP contribution in [0.5, 0.6) is 0 Å².